The van der Waals surface area contributed by atoms with E-state index in [9.17, 15) is 0 Å². The predicted octanol–water partition coefficient (Wildman–Crippen LogP) is 2.12. The maximum absolute atomic E-state index is 5.63. The van der Waals surface area contributed by atoms with Gasteiger partial charge in [0.15, 0.2) is 16.6 Å². The van der Waals surface area contributed by atoms with Crippen LogP contribution in [0.15, 0.2) is 36.4 Å². The Hall–Kier alpha value is -2.51. The average Bonchev–Trinajstić information content (AvgIpc) is 2.73. The Morgan fingerprint density at radius 2 is 1.76 bits per heavy atom. The molecule has 0 aromatic heterocycles. The zero-order valence-corrected chi connectivity index (χ0v) is 18.4. The van der Waals surface area contributed by atoms with E-state index in [-0.39, 0.29) is 0 Å². The van der Waals surface area contributed by atoms with Gasteiger partial charge in [0.2, 0.25) is 5.75 Å². The molecule has 1 aliphatic rings. The molecular formula is C22H30N3O3S+. The fourth-order valence-corrected chi connectivity index (χ4v) is 4.00. The lowest BCUT2D eigenvalue weighted by atomic mass is 10.1. The van der Waals surface area contributed by atoms with E-state index in [0.717, 1.165) is 54.8 Å². The first-order chi connectivity index (χ1) is 14.0. The molecule has 0 bridgehead atoms. The predicted molar refractivity (Wildman–Crippen MR) is 119 cm³/mol. The van der Waals surface area contributed by atoms with Crippen molar-refractivity contribution in [2.45, 2.75) is 13.5 Å². The fourth-order valence-electron chi connectivity index (χ4n) is 3.70. The Morgan fingerprint density at radius 3 is 2.38 bits per heavy atom. The Balaban J connectivity index is 1.59. The molecule has 0 radical (unpaired) electrons. The molecule has 0 aliphatic carbocycles. The number of anilines is 1. The molecule has 0 amide bonds. The Labute approximate surface area is 178 Å². The summed E-state index contributed by atoms with van der Waals surface area (Å²) in [6.45, 7) is 6.81. The highest BCUT2D eigenvalue weighted by molar-refractivity contribution is 7.80. The van der Waals surface area contributed by atoms with E-state index in [1.165, 1.54) is 10.5 Å². The summed E-state index contributed by atoms with van der Waals surface area (Å²) >= 11 is 5.62. The Bertz CT molecular complexity index is 851. The minimum absolute atomic E-state index is 0.647. The second kappa shape index (κ2) is 9.80. The zero-order valence-electron chi connectivity index (χ0n) is 17.6. The van der Waals surface area contributed by atoms with Gasteiger partial charge in [0.1, 0.15) is 6.54 Å². The standard InChI is InChI=1S/C22H29N3O3S/c1-16-6-5-7-18(14-16)23-22(29)25-12-10-24(11-13-25)15-17-8-9-19(26-2)21(28-4)20(17)27-3/h5-9,14H,10-13,15H2,1-4H3,(H,23,29)/p+1. The summed E-state index contributed by atoms with van der Waals surface area (Å²) in [5.41, 5.74) is 3.38. The van der Waals surface area contributed by atoms with Crippen LogP contribution in [0, 0.1) is 6.92 Å². The summed E-state index contributed by atoms with van der Waals surface area (Å²) in [5.74, 6) is 2.08. The molecule has 7 heteroatoms. The van der Waals surface area contributed by atoms with Crippen LogP contribution in [-0.2, 0) is 6.54 Å². The lowest BCUT2D eigenvalue weighted by Gasteiger charge is -2.34. The van der Waals surface area contributed by atoms with Crippen molar-refractivity contribution in [3.05, 3.63) is 47.5 Å². The molecule has 2 aromatic carbocycles. The Kier molecular flexibility index (Phi) is 7.17. The number of benzene rings is 2. The van der Waals surface area contributed by atoms with Gasteiger partial charge < -0.3 is 29.3 Å². The van der Waals surface area contributed by atoms with Gasteiger partial charge in [0, 0.05) is 5.69 Å². The van der Waals surface area contributed by atoms with Crippen molar-refractivity contribution in [1.29, 1.82) is 0 Å². The number of piperazine rings is 1. The quantitative estimate of drug-likeness (QED) is 0.704. The molecule has 0 saturated carbocycles. The van der Waals surface area contributed by atoms with E-state index in [1.807, 2.05) is 18.2 Å². The minimum Gasteiger partial charge on any atom is -0.493 e. The first-order valence-electron chi connectivity index (χ1n) is 9.79. The third-order valence-electron chi connectivity index (χ3n) is 5.25. The highest BCUT2D eigenvalue weighted by Gasteiger charge is 2.24. The van der Waals surface area contributed by atoms with Crippen molar-refractivity contribution in [2.75, 3.05) is 52.8 Å². The number of hydrogen-bond donors (Lipinski definition) is 2. The molecule has 1 saturated heterocycles. The molecule has 1 heterocycles. The SMILES string of the molecule is COc1ccc(C[NH+]2CCN(C(=S)Nc3cccc(C)c3)CC2)c(OC)c1OC. The number of ether oxygens (including phenoxy) is 3. The maximum atomic E-state index is 5.63. The molecule has 0 unspecified atom stereocenters. The van der Waals surface area contributed by atoms with Gasteiger partial charge in [-0.15, -0.1) is 0 Å². The third kappa shape index (κ3) is 5.10. The molecule has 2 N–H and O–H groups in total. The van der Waals surface area contributed by atoms with Crippen molar-refractivity contribution in [1.82, 2.24) is 4.90 Å². The lowest BCUT2D eigenvalue weighted by Crippen LogP contribution is -3.13. The lowest BCUT2D eigenvalue weighted by molar-refractivity contribution is -0.917. The number of hydrogen-bond acceptors (Lipinski definition) is 4. The van der Waals surface area contributed by atoms with Gasteiger partial charge in [-0.2, -0.15) is 0 Å². The maximum Gasteiger partial charge on any atom is 0.203 e. The van der Waals surface area contributed by atoms with Crippen LogP contribution in [0.4, 0.5) is 5.69 Å². The summed E-state index contributed by atoms with van der Waals surface area (Å²) in [7, 11) is 4.94. The van der Waals surface area contributed by atoms with Crippen molar-refractivity contribution in [3.8, 4) is 17.2 Å². The molecule has 6 nitrogen and oxygen atoms in total. The average molecular weight is 417 g/mol. The molecular weight excluding hydrogens is 386 g/mol. The molecule has 2 aromatic rings. The molecule has 0 spiro atoms. The first-order valence-corrected chi connectivity index (χ1v) is 10.2. The fraction of sp³-hybridized carbons (Fsp3) is 0.409. The molecule has 0 atom stereocenters. The van der Waals surface area contributed by atoms with Crippen molar-refractivity contribution >= 4 is 23.0 Å². The molecule has 156 valence electrons. The van der Waals surface area contributed by atoms with Crippen LogP contribution in [-0.4, -0.2) is 57.5 Å². The molecule has 29 heavy (non-hydrogen) atoms. The monoisotopic (exact) mass is 416 g/mol. The first kappa shape index (κ1) is 21.2. The Morgan fingerprint density at radius 1 is 1.03 bits per heavy atom. The summed E-state index contributed by atoms with van der Waals surface area (Å²) in [5, 5.41) is 4.15. The second-order valence-electron chi connectivity index (χ2n) is 7.21. The van der Waals surface area contributed by atoms with Gasteiger partial charge in [0.25, 0.3) is 0 Å². The van der Waals surface area contributed by atoms with E-state index in [4.69, 9.17) is 26.4 Å². The second-order valence-corrected chi connectivity index (χ2v) is 7.59. The van der Waals surface area contributed by atoms with Gasteiger partial charge in [-0.1, -0.05) is 12.1 Å². The van der Waals surface area contributed by atoms with Gasteiger partial charge in [0.05, 0.1) is 53.1 Å². The smallest absolute Gasteiger partial charge is 0.203 e. The summed E-state index contributed by atoms with van der Waals surface area (Å²) in [6.07, 6.45) is 0. The zero-order chi connectivity index (χ0) is 20.8. The topological polar surface area (TPSA) is 47.4 Å². The van der Waals surface area contributed by atoms with Crippen molar-refractivity contribution in [2.24, 2.45) is 0 Å². The molecule has 1 fully saturated rings. The number of quaternary nitrogens is 1. The molecule has 1 aliphatic heterocycles. The van der Waals surface area contributed by atoms with Gasteiger partial charge in [-0.05, 0) is 49.0 Å². The number of thiocarbonyl (C=S) groups is 1. The summed E-state index contributed by atoms with van der Waals surface area (Å²) < 4.78 is 16.5. The largest absolute Gasteiger partial charge is 0.493 e. The van der Waals surface area contributed by atoms with E-state index in [0.29, 0.717) is 11.5 Å². The highest BCUT2D eigenvalue weighted by Crippen LogP contribution is 2.39. The number of nitrogens with zero attached hydrogens (tertiary/aromatic N) is 1. The van der Waals surface area contributed by atoms with Crippen LogP contribution in [0.3, 0.4) is 0 Å². The minimum atomic E-state index is 0.647. The van der Waals surface area contributed by atoms with Crippen LogP contribution in [0.25, 0.3) is 0 Å². The van der Waals surface area contributed by atoms with Crippen molar-refractivity contribution < 1.29 is 19.1 Å². The van der Waals surface area contributed by atoms with Gasteiger partial charge >= 0.3 is 0 Å². The van der Waals surface area contributed by atoms with Crippen LogP contribution < -0.4 is 24.4 Å². The van der Waals surface area contributed by atoms with Gasteiger partial charge in [-0.25, -0.2) is 0 Å². The van der Waals surface area contributed by atoms with Crippen LogP contribution >= 0.6 is 12.2 Å². The number of rotatable bonds is 6. The highest BCUT2D eigenvalue weighted by atomic mass is 32.1. The summed E-state index contributed by atoms with van der Waals surface area (Å²) in [4.78, 5) is 3.73. The van der Waals surface area contributed by atoms with Crippen molar-refractivity contribution in [3.63, 3.8) is 0 Å². The number of methoxy groups -OCH3 is 3. The van der Waals surface area contributed by atoms with Crippen LogP contribution in [0.5, 0.6) is 17.2 Å². The third-order valence-corrected chi connectivity index (χ3v) is 5.61. The van der Waals surface area contributed by atoms with E-state index in [1.54, 1.807) is 21.3 Å². The van der Waals surface area contributed by atoms with E-state index in [2.05, 4.69) is 35.3 Å². The van der Waals surface area contributed by atoms with Crippen LogP contribution in [0.1, 0.15) is 11.1 Å². The normalized spacial score (nSPS) is 14.4. The number of nitrogens with one attached hydrogen (secondary N) is 2. The van der Waals surface area contributed by atoms with Crippen LogP contribution in [0.2, 0.25) is 0 Å². The number of aryl methyl sites for hydroxylation is 1. The molecule has 3 rings (SSSR count). The van der Waals surface area contributed by atoms with E-state index >= 15 is 0 Å². The van der Waals surface area contributed by atoms with E-state index < -0.39 is 0 Å². The summed E-state index contributed by atoms with van der Waals surface area (Å²) in [6, 6.07) is 12.3. The van der Waals surface area contributed by atoms with Gasteiger partial charge in [-0.3, -0.25) is 0 Å².